The van der Waals surface area contributed by atoms with Gasteiger partial charge in [0.1, 0.15) is 0 Å². The van der Waals surface area contributed by atoms with Crippen LogP contribution in [0.3, 0.4) is 0 Å². The number of nitrogens with one attached hydrogen (secondary N) is 1. The molecule has 0 bridgehead atoms. The lowest BCUT2D eigenvalue weighted by molar-refractivity contribution is 0.222. The van der Waals surface area contributed by atoms with Crippen LogP contribution in [-0.4, -0.2) is 62.2 Å². The molecule has 2 saturated heterocycles. The summed E-state index contributed by atoms with van der Waals surface area (Å²) in [6.07, 6.45) is 8.01. The maximum Gasteiger partial charge on any atom is 0.0107 e. The minimum absolute atomic E-state index is 1.17. The van der Waals surface area contributed by atoms with Crippen LogP contribution < -0.4 is 5.32 Å². The fraction of sp³-hybridized carbons (Fsp3) is 0.923. The smallest absolute Gasteiger partial charge is 0.0107 e. The summed E-state index contributed by atoms with van der Waals surface area (Å²) in [4.78, 5) is 5.17. The normalized spacial score (nSPS) is 24.8. The Morgan fingerprint density at radius 1 is 0.875 bits per heavy atom. The van der Waals surface area contributed by atoms with E-state index in [1.54, 1.807) is 0 Å². The second kappa shape index (κ2) is 7.25. The average molecular weight is 224 g/mol. The highest BCUT2D eigenvalue weighted by Crippen LogP contribution is 2.09. The van der Waals surface area contributed by atoms with E-state index in [1.807, 2.05) is 0 Å². The highest BCUT2D eigenvalue weighted by molar-refractivity contribution is 4.77. The van der Waals surface area contributed by atoms with Gasteiger partial charge >= 0.3 is 0 Å². The predicted octanol–water partition coefficient (Wildman–Crippen LogP) is 0.972. The third kappa shape index (κ3) is 4.40. The van der Waals surface area contributed by atoms with E-state index in [0.717, 1.165) is 0 Å². The molecule has 2 fully saturated rings. The zero-order chi connectivity index (χ0) is 11.1. The summed E-state index contributed by atoms with van der Waals surface area (Å²) in [6.45, 7) is 9.92. The van der Waals surface area contributed by atoms with Crippen LogP contribution in [0.5, 0.6) is 0 Å². The van der Waals surface area contributed by atoms with Crippen molar-refractivity contribution in [2.24, 2.45) is 0 Å². The van der Waals surface area contributed by atoms with Gasteiger partial charge in [0, 0.05) is 32.7 Å². The Morgan fingerprint density at radius 3 is 2.38 bits per heavy atom. The zero-order valence-corrected chi connectivity index (χ0v) is 10.5. The van der Waals surface area contributed by atoms with Gasteiger partial charge in [-0.3, -0.25) is 0 Å². The number of piperidine rings is 1. The van der Waals surface area contributed by atoms with Crippen LogP contribution in [0, 0.1) is 6.42 Å². The van der Waals surface area contributed by atoms with Crippen molar-refractivity contribution in [3.8, 4) is 0 Å². The maximum absolute atomic E-state index is 3.39. The molecule has 0 aromatic carbocycles. The Balaban J connectivity index is 1.47. The average Bonchev–Trinajstić information content (AvgIpc) is 2.37. The summed E-state index contributed by atoms with van der Waals surface area (Å²) in [5, 5.41) is 3.39. The van der Waals surface area contributed by atoms with Crippen LogP contribution in [-0.2, 0) is 0 Å². The molecule has 0 aliphatic carbocycles. The molecule has 3 heteroatoms. The van der Waals surface area contributed by atoms with Gasteiger partial charge in [-0.1, -0.05) is 6.42 Å². The lowest BCUT2D eigenvalue weighted by atomic mass is 10.1. The first-order valence-corrected chi connectivity index (χ1v) is 6.92. The van der Waals surface area contributed by atoms with Gasteiger partial charge in [-0.05, 0) is 45.3 Å². The number of rotatable bonds is 5. The van der Waals surface area contributed by atoms with Crippen molar-refractivity contribution in [1.29, 1.82) is 0 Å². The van der Waals surface area contributed by atoms with E-state index < -0.39 is 0 Å². The Labute approximate surface area is 100 Å². The van der Waals surface area contributed by atoms with Gasteiger partial charge in [0.05, 0.1) is 0 Å². The van der Waals surface area contributed by atoms with Crippen LogP contribution in [0.15, 0.2) is 0 Å². The monoisotopic (exact) mass is 224 g/mol. The Hall–Kier alpha value is -0.120. The van der Waals surface area contributed by atoms with E-state index >= 15 is 0 Å². The van der Waals surface area contributed by atoms with E-state index in [9.17, 15) is 0 Å². The Bertz CT molecular complexity index is 152. The van der Waals surface area contributed by atoms with Gasteiger partial charge in [-0.15, -0.1) is 0 Å². The molecule has 0 aromatic heterocycles. The second-order valence-electron chi connectivity index (χ2n) is 5.03. The van der Waals surface area contributed by atoms with E-state index in [0.29, 0.717) is 0 Å². The second-order valence-corrected chi connectivity index (χ2v) is 5.03. The molecule has 3 nitrogen and oxygen atoms in total. The fourth-order valence-electron chi connectivity index (χ4n) is 2.62. The van der Waals surface area contributed by atoms with Gasteiger partial charge in [-0.25, -0.2) is 0 Å². The number of hydrogen-bond donors (Lipinski definition) is 1. The summed E-state index contributed by atoms with van der Waals surface area (Å²) < 4.78 is 0. The quantitative estimate of drug-likeness (QED) is 0.702. The van der Waals surface area contributed by atoms with Crippen molar-refractivity contribution in [3.05, 3.63) is 6.42 Å². The number of nitrogens with zero attached hydrogens (tertiary/aromatic N) is 2. The van der Waals surface area contributed by atoms with Crippen molar-refractivity contribution in [2.75, 3.05) is 52.4 Å². The molecule has 0 atom stereocenters. The first-order chi connectivity index (χ1) is 7.95. The minimum atomic E-state index is 1.17. The fourth-order valence-corrected chi connectivity index (χ4v) is 2.62. The first-order valence-electron chi connectivity index (χ1n) is 6.92. The number of likely N-dealkylation sites (tertiary alicyclic amines) is 1. The molecule has 0 amide bonds. The molecule has 0 aromatic rings. The molecular weight excluding hydrogens is 198 g/mol. The molecule has 2 heterocycles. The van der Waals surface area contributed by atoms with Gasteiger partial charge in [0.25, 0.3) is 0 Å². The summed E-state index contributed by atoms with van der Waals surface area (Å²) in [5.74, 6) is 0. The summed E-state index contributed by atoms with van der Waals surface area (Å²) >= 11 is 0. The number of piperazine rings is 1. The molecule has 16 heavy (non-hydrogen) atoms. The lowest BCUT2D eigenvalue weighted by Gasteiger charge is -2.28. The van der Waals surface area contributed by atoms with Gasteiger partial charge in [-0.2, -0.15) is 0 Å². The molecule has 93 valence electrons. The summed E-state index contributed by atoms with van der Waals surface area (Å²) in [5.41, 5.74) is 0. The van der Waals surface area contributed by atoms with Crippen LogP contribution in [0.25, 0.3) is 0 Å². The molecule has 0 unspecified atom stereocenters. The third-order valence-corrected chi connectivity index (χ3v) is 3.70. The molecule has 0 saturated carbocycles. The van der Waals surface area contributed by atoms with E-state index in [1.165, 1.54) is 78.0 Å². The van der Waals surface area contributed by atoms with Crippen molar-refractivity contribution in [3.63, 3.8) is 0 Å². The largest absolute Gasteiger partial charge is 0.314 e. The van der Waals surface area contributed by atoms with E-state index in [2.05, 4.69) is 21.5 Å². The Kier molecular flexibility index (Phi) is 5.59. The highest BCUT2D eigenvalue weighted by Gasteiger charge is 2.11. The number of unbranched alkanes of at least 4 members (excludes halogenated alkanes) is 1. The van der Waals surface area contributed by atoms with Crippen LogP contribution in [0.2, 0.25) is 0 Å². The van der Waals surface area contributed by atoms with Gasteiger partial charge in [0.15, 0.2) is 0 Å². The Morgan fingerprint density at radius 2 is 1.62 bits per heavy atom. The van der Waals surface area contributed by atoms with E-state index in [-0.39, 0.29) is 0 Å². The third-order valence-electron chi connectivity index (χ3n) is 3.70. The topological polar surface area (TPSA) is 18.5 Å². The van der Waals surface area contributed by atoms with Crippen molar-refractivity contribution in [2.45, 2.75) is 25.7 Å². The SMILES string of the molecule is [CH](CCN1CCCCC1)CN1CCNCC1. The minimum Gasteiger partial charge on any atom is -0.314 e. The van der Waals surface area contributed by atoms with Crippen LogP contribution in [0.4, 0.5) is 0 Å². The number of hydrogen-bond acceptors (Lipinski definition) is 3. The standard InChI is InChI=1S/C13H26N3/c1-2-8-15(9-3-1)10-4-5-11-16-12-6-14-7-13-16/h5,14H,1-4,6-13H2. The zero-order valence-electron chi connectivity index (χ0n) is 10.5. The predicted molar refractivity (Wildman–Crippen MR) is 68.5 cm³/mol. The summed E-state index contributed by atoms with van der Waals surface area (Å²) in [6, 6.07) is 0. The van der Waals surface area contributed by atoms with E-state index in [4.69, 9.17) is 0 Å². The van der Waals surface area contributed by atoms with Crippen molar-refractivity contribution in [1.82, 2.24) is 15.1 Å². The van der Waals surface area contributed by atoms with Crippen molar-refractivity contribution < 1.29 is 0 Å². The molecule has 1 radical (unpaired) electrons. The molecular formula is C13H26N3. The maximum atomic E-state index is 3.39. The molecule has 1 N–H and O–H groups in total. The van der Waals surface area contributed by atoms with Crippen LogP contribution in [0.1, 0.15) is 25.7 Å². The molecule has 2 aliphatic rings. The lowest BCUT2D eigenvalue weighted by Crippen LogP contribution is -2.44. The van der Waals surface area contributed by atoms with Gasteiger partial charge < -0.3 is 15.1 Å². The molecule has 2 aliphatic heterocycles. The highest BCUT2D eigenvalue weighted by atomic mass is 15.2. The van der Waals surface area contributed by atoms with Gasteiger partial charge in [0.2, 0.25) is 0 Å². The molecule has 2 rings (SSSR count). The van der Waals surface area contributed by atoms with Crippen molar-refractivity contribution >= 4 is 0 Å². The first kappa shape index (κ1) is 12.3. The summed E-state index contributed by atoms with van der Waals surface area (Å²) in [7, 11) is 0. The molecule has 0 spiro atoms. The van der Waals surface area contributed by atoms with Crippen LogP contribution >= 0.6 is 0 Å².